The van der Waals surface area contributed by atoms with Crippen LogP contribution in [0.3, 0.4) is 0 Å². The molecule has 1 unspecified atom stereocenters. The maximum atomic E-state index is 11.8. The molecule has 1 atom stereocenters. The highest BCUT2D eigenvalue weighted by Gasteiger charge is 2.30. The molecule has 0 aliphatic carbocycles. The van der Waals surface area contributed by atoms with Crippen LogP contribution in [0.5, 0.6) is 0 Å². The van der Waals surface area contributed by atoms with Crippen LogP contribution in [0.15, 0.2) is 22.7 Å². The number of hydrogen-bond donors (Lipinski definition) is 1. The van der Waals surface area contributed by atoms with Gasteiger partial charge in [-0.25, -0.2) is 0 Å². The smallest absolute Gasteiger partial charge is 0.227 e. The number of amides is 1. The van der Waals surface area contributed by atoms with Gasteiger partial charge in [0, 0.05) is 35.7 Å². The fraction of sp³-hybridized carbons (Fsp3) is 0.417. The average molecular weight is 284 g/mol. The van der Waals surface area contributed by atoms with E-state index in [1.165, 1.54) is 0 Å². The van der Waals surface area contributed by atoms with Crippen molar-refractivity contribution in [1.29, 1.82) is 0 Å². The van der Waals surface area contributed by atoms with Crippen LogP contribution < -0.4 is 4.90 Å². The fourth-order valence-corrected chi connectivity index (χ4v) is 2.36. The van der Waals surface area contributed by atoms with E-state index in [-0.39, 0.29) is 18.4 Å². The van der Waals surface area contributed by atoms with E-state index in [1.807, 2.05) is 25.1 Å². The summed E-state index contributed by atoms with van der Waals surface area (Å²) < 4.78 is 0.966. The number of aryl methyl sites for hydroxylation is 1. The highest BCUT2D eigenvalue weighted by molar-refractivity contribution is 9.10. The number of carbonyl (C=O) groups is 1. The Kier molecular flexibility index (Phi) is 3.30. The third-order valence-electron chi connectivity index (χ3n) is 2.93. The molecule has 1 aromatic rings. The average Bonchev–Trinajstić information content (AvgIpc) is 2.63. The van der Waals surface area contributed by atoms with E-state index in [4.69, 9.17) is 5.11 Å². The first kappa shape index (κ1) is 11.6. The zero-order valence-electron chi connectivity index (χ0n) is 9.11. The molecule has 0 aromatic heterocycles. The second-order valence-corrected chi connectivity index (χ2v) is 5.10. The Hall–Kier alpha value is -0.870. The second-order valence-electron chi connectivity index (χ2n) is 4.19. The molecule has 2 rings (SSSR count). The lowest BCUT2D eigenvalue weighted by Gasteiger charge is -2.19. The molecule has 86 valence electrons. The van der Waals surface area contributed by atoms with Crippen LogP contribution in [0.4, 0.5) is 5.69 Å². The number of anilines is 1. The van der Waals surface area contributed by atoms with Crippen molar-refractivity contribution in [1.82, 2.24) is 0 Å². The Morgan fingerprint density at radius 1 is 1.56 bits per heavy atom. The number of benzene rings is 1. The number of nitrogens with zero attached hydrogens (tertiary/aromatic N) is 1. The zero-order chi connectivity index (χ0) is 11.7. The van der Waals surface area contributed by atoms with Crippen molar-refractivity contribution in [2.45, 2.75) is 13.3 Å². The van der Waals surface area contributed by atoms with Gasteiger partial charge in [-0.1, -0.05) is 22.0 Å². The molecule has 1 fully saturated rings. The summed E-state index contributed by atoms with van der Waals surface area (Å²) in [5.41, 5.74) is 2.02. The van der Waals surface area contributed by atoms with Crippen molar-refractivity contribution in [2.75, 3.05) is 18.1 Å². The number of aliphatic hydroxyl groups is 1. The van der Waals surface area contributed by atoms with E-state index in [2.05, 4.69) is 15.9 Å². The van der Waals surface area contributed by atoms with Gasteiger partial charge < -0.3 is 10.0 Å². The normalized spacial score (nSPS) is 20.6. The van der Waals surface area contributed by atoms with Crippen LogP contribution in [0.2, 0.25) is 0 Å². The monoisotopic (exact) mass is 283 g/mol. The van der Waals surface area contributed by atoms with Crippen LogP contribution in [-0.4, -0.2) is 24.2 Å². The first-order valence-electron chi connectivity index (χ1n) is 5.29. The molecule has 4 heteroatoms. The molecule has 1 N–H and O–H groups in total. The topological polar surface area (TPSA) is 40.5 Å². The highest BCUT2D eigenvalue weighted by atomic mass is 79.9. The Morgan fingerprint density at radius 3 is 2.94 bits per heavy atom. The fourth-order valence-electron chi connectivity index (χ4n) is 2.01. The van der Waals surface area contributed by atoms with E-state index in [1.54, 1.807) is 4.90 Å². The van der Waals surface area contributed by atoms with Crippen molar-refractivity contribution in [3.63, 3.8) is 0 Å². The molecule has 0 spiro atoms. The molecule has 1 amide bonds. The van der Waals surface area contributed by atoms with Gasteiger partial charge in [0.1, 0.15) is 0 Å². The first-order chi connectivity index (χ1) is 7.61. The van der Waals surface area contributed by atoms with Gasteiger partial charge in [-0.2, -0.15) is 0 Å². The summed E-state index contributed by atoms with van der Waals surface area (Å²) in [6.45, 7) is 2.68. The second kappa shape index (κ2) is 4.55. The minimum absolute atomic E-state index is 0.0749. The third-order valence-corrected chi connectivity index (χ3v) is 3.42. The van der Waals surface area contributed by atoms with Gasteiger partial charge in [0.25, 0.3) is 0 Å². The Morgan fingerprint density at radius 2 is 2.31 bits per heavy atom. The van der Waals surface area contributed by atoms with Crippen LogP contribution in [0, 0.1) is 12.8 Å². The van der Waals surface area contributed by atoms with Crippen molar-refractivity contribution < 1.29 is 9.90 Å². The third kappa shape index (κ3) is 2.13. The standard InChI is InChI=1S/C12H14BrNO2/c1-8-2-3-10(13)5-11(8)14-6-9(7-15)4-12(14)16/h2-3,5,9,15H,4,6-7H2,1H3. The van der Waals surface area contributed by atoms with E-state index >= 15 is 0 Å². The summed E-state index contributed by atoms with van der Waals surface area (Å²) in [4.78, 5) is 13.6. The molecule has 0 bridgehead atoms. The van der Waals surface area contributed by atoms with Gasteiger partial charge in [0.05, 0.1) is 0 Å². The molecule has 16 heavy (non-hydrogen) atoms. The molecule has 0 saturated carbocycles. The van der Waals surface area contributed by atoms with E-state index < -0.39 is 0 Å². The van der Waals surface area contributed by atoms with E-state index in [0.717, 1.165) is 15.7 Å². The van der Waals surface area contributed by atoms with E-state index in [9.17, 15) is 4.79 Å². The number of halogens is 1. The molecule has 1 aromatic carbocycles. The lowest BCUT2D eigenvalue weighted by Crippen LogP contribution is -2.25. The molecule has 1 aliphatic rings. The Balaban J connectivity index is 2.30. The van der Waals surface area contributed by atoms with Crippen molar-refractivity contribution >= 4 is 27.5 Å². The highest BCUT2D eigenvalue weighted by Crippen LogP contribution is 2.29. The summed E-state index contributed by atoms with van der Waals surface area (Å²) in [6, 6.07) is 5.90. The van der Waals surface area contributed by atoms with Crippen LogP contribution >= 0.6 is 15.9 Å². The SMILES string of the molecule is Cc1ccc(Br)cc1N1CC(CO)CC1=O. The number of aliphatic hydroxyl groups excluding tert-OH is 1. The molecule has 3 nitrogen and oxygen atoms in total. The van der Waals surface area contributed by atoms with Crippen LogP contribution in [-0.2, 0) is 4.79 Å². The minimum Gasteiger partial charge on any atom is -0.396 e. The van der Waals surface area contributed by atoms with Gasteiger partial charge in [0.15, 0.2) is 0 Å². The quantitative estimate of drug-likeness (QED) is 0.903. The Labute approximate surface area is 103 Å². The van der Waals surface area contributed by atoms with Gasteiger partial charge in [-0.05, 0) is 24.6 Å². The molecule has 1 heterocycles. The van der Waals surface area contributed by atoms with Crippen molar-refractivity contribution in [3.05, 3.63) is 28.2 Å². The molecule has 0 radical (unpaired) electrons. The Bertz CT molecular complexity index is 419. The lowest BCUT2D eigenvalue weighted by molar-refractivity contribution is -0.117. The van der Waals surface area contributed by atoms with Crippen LogP contribution in [0.25, 0.3) is 0 Å². The van der Waals surface area contributed by atoms with Gasteiger partial charge in [0.2, 0.25) is 5.91 Å². The maximum absolute atomic E-state index is 11.8. The summed E-state index contributed by atoms with van der Waals surface area (Å²) in [5.74, 6) is 0.172. The van der Waals surface area contributed by atoms with Crippen molar-refractivity contribution in [3.8, 4) is 0 Å². The van der Waals surface area contributed by atoms with Gasteiger partial charge in [-0.3, -0.25) is 4.79 Å². The predicted octanol–water partition coefficient (Wildman–Crippen LogP) is 2.10. The number of rotatable bonds is 2. The summed E-state index contributed by atoms with van der Waals surface area (Å²) in [7, 11) is 0. The van der Waals surface area contributed by atoms with Gasteiger partial charge in [-0.15, -0.1) is 0 Å². The minimum atomic E-state index is 0.0749. The molecular weight excluding hydrogens is 270 g/mol. The molecular formula is C12H14BrNO2. The van der Waals surface area contributed by atoms with Crippen LogP contribution in [0.1, 0.15) is 12.0 Å². The molecule has 1 aliphatic heterocycles. The lowest BCUT2D eigenvalue weighted by atomic mass is 10.1. The molecule has 1 saturated heterocycles. The van der Waals surface area contributed by atoms with E-state index in [0.29, 0.717) is 13.0 Å². The maximum Gasteiger partial charge on any atom is 0.227 e. The first-order valence-corrected chi connectivity index (χ1v) is 6.08. The van der Waals surface area contributed by atoms with Gasteiger partial charge >= 0.3 is 0 Å². The zero-order valence-corrected chi connectivity index (χ0v) is 10.7. The predicted molar refractivity (Wildman–Crippen MR) is 66.4 cm³/mol. The van der Waals surface area contributed by atoms with Crippen molar-refractivity contribution in [2.24, 2.45) is 5.92 Å². The largest absolute Gasteiger partial charge is 0.396 e. The summed E-state index contributed by atoms with van der Waals surface area (Å²) in [6.07, 6.45) is 0.447. The number of carbonyl (C=O) groups excluding carboxylic acids is 1. The number of hydrogen-bond acceptors (Lipinski definition) is 2. The summed E-state index contributed by atoms with van der Waals surface area (Å²) >= 11 is 3.41. The summed E-state index contributed by atoms with van der Waals surface area (Å²) in [5, 5.41) is 9.08.